The van der Waals surface area contributed by atoms with Crippen LogP contribution in [0.25, 0.3) is 11.3 Å². The number of anilines is 2. The summed E-state index contributed by atoms with van der Waals surface area (Å²) >= 11 is 1.49. The van der Waals surface area contributed by atoms with E-state index in [0.717, 1.165) is 32.9 Å². The minimum atomic E-state index is 0.0553. The molecule has 18 heavy (non-hydrogen) atoms. The first-order valence-electron chi connectivity index (χ1n) is 5.71. The molecule has 2 aromatic rings. The number of carbonyl (C=O) groups excluding carboxylic acids is 1. The number of fused-ring (bicyclic) bond motifs is 1. The van der Waals surface area contributed by atoms with Gasteiger partial charge in [-0.25, -0.2) is 4.98 Å². The van der Waals surface area contributed by atoms with Gasteiger partial charge in [-0.1, -0.05) is 0 Å². The van der Waals surface area contributed by atoms with E-state index in [1.807, 2.05) is 26.0 Å². The summed E-state index contributed by atoms with van der Waals surface area (Å²) in [5.41, 5.74) is 10.7. The lowest BCUT2D eigenvalue weighted by Gasteiger charge is -2.07. The van der Waals surface area contributed by atoms with E-state index in [2.05, 4.69) is 10.3 Å². The summed E-state index contributed by atoms with van der Waals surface area (Å²) in [5.74, 6) is 0.0553. The first-order chi connectivity index (χ1) is 8.54. The van der Waals surface area contributed by atoms with Gasteiger partial charge in [-0.2, -0.15) is 0 Å². The van der Waals surface area contributed by atoms with E-state index in [-0.39, 0.29) is 5.91 Å². The van der Waals surface area contributed by atoms with Gasteiger partial charge in [0.05, 0.1) is 12.1 Å². The zero-order valence-electron chi connectivity index (χ0n) is 10.2. The van der Waals surface area contributed by atoms with Crippen LogP contribution in [-0.4, -0.2) is 10.9 Å². The highest BCUT2D eigenvalue weighted by Crippen LogP contribution is 2.35. The number of aryl methyl sites for hydroxylation is 2. The lowest BCUT2D eigenvalue weighted by molar-refractivity contribution is -0.115. The van der Waals surface area contributed by atoms with Gasteiger partial charge < -0.3 is 11.1 Å². The average Bonchev–Trinajstić information content (AvgIpc) is 2.81. The van der Waals surface area contributed by atoms with E-state index in [4.69, 9.17) is 5.73 Å². The maximum absolute atomic E-state index is 11.4. The molecular formula is C13H13N3OS. The predicted octanol–water partition coefficient (Wildman–Crippen LogP) is 2.50. The molecule has 5 heteroatoms. The van der Waals surface area contributed by atoms with Crippen LogP contribution < -0.4 is 11.1 Å². The van der Waals surface area contributed by atoms with Crippen molar-refractivity contribution >= 4 is 28.1 Å². The zero-order valence-corrected chi connectivity index (χ0v) is 11.0. The standard InChI is InChI=1S/C13H13N3OS/c1-6-3-8(12-7(2)18-13(14)16-12)4-9-5-10(17)15-11(6)9/h3-4H,5H2,1-2H3,(H2,14,16)(H,15,17). The highest BCUT2D eigenvalue weighted by molar-refractivity contribution is 7.15. The molecule has 2 heterocycles. The molecule has 0 bridgehead atoms. The summed E-state index contributed by atoms with van der Waals surface area (Å²) in [4.78, 5) is 16.9. The Hall–Kier alpha value is -1.88. The average molecular weight is 259 g/mol. The van der Waals surface area contributed by atoms with Crippen LogP contribution in [-0.2, 0) is 11.2 Å². The fourth-order valence-electron chi connectivity index (χ4n) is 2.36. The molecule has 3 N–H and O–H groups in total. The van der Waals surface area contributed by atoms with E-state index in [9.17, 15) is 4.79 Å². The van der Waals surface area contributed by atoms with Gasteiger partial charge in [-0.15, -0.1) is 11.3 Å². The number of nitrogens with zero attached hydrogens (tertiary/aromatic N) is 1. The number of carbonyl (C=O) groups is 1. The second-order valence-electron chi connectivity index (χ2n) is 4.51. The van der Waals surface area contributed by atoms with Crippen LogP contribution in [0.2, 0.25) is 0 Å². The Kier molecular flexibility index (Phi) is 2.38. The SMILES string of the molecule is Cc1cc(-c2nc(N)sc2C)cc2c1NC(=O)C2. The Morgan fingerprint density at radius 3 is 2.83 bits per heavy atom. The molecule has 0 atom stereocenters. The third kappa shape index (κ3) is 1.67. The normalized spacial score (nSPS) is 13.6. The summed E-state index contributed by atoms with van der Waals surface area (Å²) in [5, 5.41) is 3.46. The van der Waals surface area contributed by atoms with E-state index >= 15 is 0 Å². The van der Waals surface area contributed by atoms with E-state index < -0.39 is 0 Å². The van der Waals surface area contributed by atoms with Gasteiger partial charge >= 0.3 is 0 Å². The Morgan fingerprint density at radius 1 is 1.39 bits per heavy atom. The first kappa shape index (κ1) is 11.2. The van der Waals surface area contributed by atoms with Gasteiger partial charge in [0.15, 0.2) is 5.13 Å². The number of nitrogen functional groups attached to an aromatic ring is 1. The summed E-state index contributed by atoms with van der Waals surface area (Å²) in [6, 6.07) is 4.08. The van der Waals surface area contributed by atoms with Crippen molar-refractivity contribution in [2.75, 3.05) is 11.1 Å². The van der Waals surface area contributed by atoms with Crippen LogP contribution in [0.3, 0.4) is 0 Å². The molecule has 0 radical (unpaired) electrons. The summed E-state index contributed by atoms with van der Waals surface area (Å²) in [7, 11) is 0. The molecule has 1 aromatic carbocycles. The molecule has 0 saturated carbocycles. The van der Waals surface area contributed by atoms with Gasteiger partial charge in [0, 0.05) is 16.1 Å². The molecule has 1 amide bonds. The molecule has 92 valence electrons. The smallest absolute Gasteiger partial charge is 0.228 e. The molecule has 0 unspecified atom stereocenters. The first-order valence-corrected chi connectivity index (χ1v) is 6.53. The Morgan fingerprint density at radius 2 is 2.17 bits per heavy atom. The number of hydrogen-bond acceptors (Lipinski definition) is 4. The minimum absolute atomic E-state index is 0.0553. The second kappa shape index (κ2) is 3.81. The van der Waals surface area contributed by atoms with E-state index in [0.29, 0.717) is 11.6 Å². The molecule has 0 spiro atoms. The van der Waals surface area contributed by atoms with Gasteiger partial charge in [-0.3, -0.25) is 4.79 Å². The van der Waals surface area contributed by atoms with Gasteiger partial charge in [-0.05, 0) is 37.1 Å². The van der Waals surface area contributed by atoms with Crippen molar-refractivity contribution in [3.8, 4) is 11.3 Å². The molecule has 1 aliphatic heterocycles. The summed E-state index contributed by atoms with van der Waals surface area (Å²) < 4.78 is 0. The number of rotatable bonds is 1. The topological polar surface area (TPSA) is 68.0 Å². The van der Waals surface area contributed by atoms with E-state index in [1.54, 1.807) is 0 Å². The highest BCUT2D eigenvalue weighted by atomic mass is 32.1. The molecule has 0 fully saturated rings. The van der Waals surface area contributed by atoms with Crippen LogP contribution in [0.4, 0.5) is 10.8 Å². The van der Waals surface area contributed by atoms with Crippen molar-refractivity contribution in [1.29, 1.82) is 0 Å². The molecule has 1 aromatic heterocycles. The lowest BCUT2D eigenvalue weighted by atomic mass is 10.0. The Balaban J connectivity index is 2.16. The van der Waals surface area contributed by atoms with Crippen molar-refractivity contribution in [1.82, 2.24) is 4.98 Å². The van der Waals surface area contributed by atoms with Crippen molar-refractivity contribution in [2.24, 2.45) is 0 Å². The van der Waals surface area contributed by atoms with Crippen molar-refractivity contribution in [2.45, 2.75) is 20.3 Å². The number of thiazole rings is 1. The molecule has 3 rings (SSSR count). The number of nitrogens with one attached hydrogen (secondary N) is 1. The Bertz CT molecular complexity index is 660. The van der Waals surface area contributed by atoms with E-state index in [1.165, 1.54) is 11.3 Å². The molecule has 0 saturated heterocycles. The number of aromatic nitrogens is 1. The van der Waals surface area contributed by atoms with Crippen LogP contribution in [0.5, 0.6) is 0 Å². The number of hydrogen-bond donors (Lipinski definition) is 2. The lowest BCUT2D eigenvalue weighted by Crippen LogP contribution is -2.04. The number of amides is 1. The van der Waals surface area contributed by atoms with Crippen LogP contribution in [0.15, 0.2) is 12.1 Å². The van der Waals surface area contributed by atoms with Crippen LogP contribution in [0.1, 0.15) is 16.0 Å². The molecule has 1 aliphatic rings. The third-order valence-electron chi connectivity index (χ3n) is 3.12. The predicted molar refractivity (Wildman–Crippen MR) is 73.8 cm³/mol. The number of nitrogens with two attached hydrogens (primary N) is 1. The number of benzene rings is 1. The fourth-order valence-corrected chi connectivity index (χ4v) is 3.07. The largest absolute Gasteiger partial charge is 0.375 e. The van der Waals surface area contributed by atoms with Gasteiger partial charge in [0.2, 0.25) is 5.91 Å². The maximum Gasteiger partial charge on any atom is 0.228 e. The Labute approximate surface area is 109 Å². The van der Waals surface area contributed by atoms with Crippen molar-refractivity contribution < 1.29 is 4.79 Å². The van der Waals surface area contributed by atoms with Crippen molar-refractivity contribution in [3.05, 3.63) is 28.1 Å². The minimum Gasteiger partial charge on any atom is -0.375 e. The third-order valence-corrected chi connectivity index (χ3v) is 3.92. The monoisotopic (exact) mass is 259 g/mol. The highest BCUT2D eigenvalue weighted by Gasteiger charge is 2.21. The van der Waals surface area contributed by atoms with Crippen LogP contribution in [0, 0.1) is 13.8 Å². The maximum atomic E-state index is 11.4. The molecule has 0 aliphatic carbocycles. The van der Waals surface area contributed by atoms with Gasteiger partial charge in [0.25, 0.3) is 0 Å². The fraction of sp³-hybridized carbons (Fsp3) is 0.231. The summed E-state index contributed by atoms with van der Waals surface area (Å²) in [6.45, 7) is 4.01. The zero-order chi connectivity index (χ0) is 12.9. The van der Waals surface area contributed by atoms with Crippen molar-refractivity contribution in [3.63, 3.8) is 0 Å². The molecule has 4 nitrogen and oxygen atoms in total. The van der Waals surface area contributed by atoms with Gasteiger partial charge in [0.1, 0.15) is 0 Å². The molecular weight excluding hydrogens is 246 g/mol. The quantitative estimate of drug-likeness (QED) is 0.826. The summed E-state index contributed by atoms with van der Waals surface area (Å²) in [6.07, 6.45) is 0.447. The van der Waals surface area contributed by atoms with Crippen LogP contribution >= 0.6 is 11.3 Å². The second-order valence-corrected chi connectivity index (χ2v) is 5.74.